The van der Waals surface area contributed by atoms with Gasteiger partial charge in [-0.05, 0) is 42.5 Å². The molecule has 0 fully saturated rings. The van der Waals surface area contributed by atoms with E-state index in [9.17, 15) is 14.0 Å². The van der Waals surface area contributed by atoms with Crippen molar-refractivity contribution in [2.75, 3.05) is 10.6 Å². The van der Waals surface area contributed by atoms with Crippen LogP contribution in [0.1, 0.15) is 16.8 Å². The van der Waals surface area contributed by atoms with E-state index in [-0.39, 0.29) is 18.0 Å². The lowest BCUT2D eigenvalue weighted by molar-refractivity contribution is -0.116. The standard InChI is InChI=1S/C22H19FN6O2/c23-19-14-18(5-6-20(19)29-10-2-8-25-29)27-22(31)16-3-1-4-17(13-16)26-21(30)7-11-28-12-9-24-15-28/h1-6,8-10,12-15H,7,11H2,(H,26,30)(H,27,31). The zero-order valence-corrected chi connectivity index (χ0v) is 16.4. The first-order valence-electron chi connectivity index (χ1n) is 9.55. The number of halogens is 1. The minimum absolute atomic E-state index is 0.178. The molecule has 2 N–H and O–H groups in total. The maximum absolute atomic E-state index is 14.4. The lowest BCUT2D eigenvalue weighted by Crippen LogP contribution is -2.16. The minimum Gasteiger partial charge on any atom is -0.337 e. The lowest BCUT2D eigenvalue weighted by Gasteiger charge is -2.10. The second-order valence-corrected chi connectivity index (χ2v) is 6.75. The minimum atomic E-state index is -0.514. The molecule has 9 heteroatoms. The first-order chi connectivity index (χ1) is 15.1. The molecule has 0 radical (unpaired) electrons. The summed E-state index contributed by atoms with van der Waals surface area (Å²) in [6.07, 6.45) is 8.53. The Morgan fingerprint density at radius 3 is 2.58 bits per heavy atom. The molecule has 4 aromatic rings. The predicted molar refractivity (Wildman–Crippen MR) is 113 cm³/mol. The fourth-order valence-electron chi connectivity index (χ4n) is 3.00. The summed E-state index contributed by atoms with van der Waals surface area (Å²) >= 11 is 0. The van der Waals surface area contributed by atoms with Gasteiger partial charge in [0.2, 0.25) is 5.91 Å². The summed E-state index contributed by atoms with van der Waals surface area (Å²) in [4.78, 5) is 28.7. The van der Waals surface area contributed by atoms with E-state index in [0.717, 1.165) is 0 Å². The van der Waals surface area contributed by atoms with Gasteiger partial charge < -0.3 is 15.2 Å². The van der Waals surface area contributed by atoms with E-state index in [1.54, 1.807) is 72.1 Å². The van der Waals surface area contributed by atoms with Crippen molar-refractivity contribution in [2.45, 2.75) is 13.0 Å². The molecule has 156 valence electrons. The number of carbonyl (C=O) groups is 2. The lowest BCUT2D eigenvalue weighted by atomic mass is 10.1. The number of nitrogens with zero attached hydrogens (tertiary/aromatic N) is 4. The number of nitrogens with one attached hydrogen (secondary N) is 2. The van der Waals surface area contributed by atoms with Crippen molar-refractivity contribution in [3.05, 3.63) is 91.0 Å². The molecule has 0 saturated heterocycles. The normalized spacial score (nSPS) is 10.6. The summed E-state index contributed by atoms with van der Waals surface area (Å²) in [5, 5.41) is 9.43. The van der Waals surface area contributed by atoms with E-state index in [1.165, 1.54) is 16.8 Å². The van der Waals surface area contributed by atoms with Crippen molar-refractivity contribution in [2.24, 2.45) is 0 Å². The molecule has 0 bridgehead atoms. The van der Waals surface area contributed by atoms with Crippen LogP contribution >= 0.6 is 0 Å². The third kappa shape index (κ3) is 5.02. The molecule has 2 heterocycles. The van der Waals surface area contributed by atoms with Crippen LogP contribution in [0.4, 0.5) is 15.8 Å². The fourth-order valence-corrected chi connectivity index (χ4v) is 3.00. The quantitative estimate of drug-likeness (QED) is 0.480. The summed E-state index contributed by atoms with van der Waals surface area (Å²) in [5.74, 6) is -1.11. The predicted octanol–water partition coefficient (Wildman–Crippen LogP) is 3.49. The number of benzene rings is 2. The highest BCUT2D eigenvalue weighted by Gasteiger charge is 2.11. The summed E-state index contributed by atoms with van der Waals surface area (Å²) < 4.78 is 17.6. The summed E-state index contributed by atoms with van der Waals surface area (Å²) in [6, 6.07) is 12.6. The van der Waals surface area contributed by atoms with E-state index in [4.69, 9.17) is 0 Å². The largest absolute Gasteiger partial charge is 0.337 e. The van der Waals surface area contributed by atoms with Crippen LogP contribution in [-0.2, 0) is 11.3 Å². The molecule has 0 atom stereocenters. The summed E-state index contributed by atoms with van der Waals surface area (Å²) in [6.45, 7) is 0.506. The molecular weight excluding hydrogens is 399 g/mol. The molecule has 31 heavy (non-hydrogen) atoms. The van der Waals surface area contributed by atoms with Gasteiger partial charge in [0.15, 0.2) is 5.82 Å². The van der Waals surface area contributed by atoms with Gasteiger partial charge in [0.05, 0.1) is 6.33 Å². The maximum Gasteiger partial charge on any atom is 0.255 e. The molecule has 2 aromatic heterocycles. The second kappa shape index (κ2) is 9.04. The van der Waals surface area contributed by atoms with Crippen LogP contribution in [0.5, 0.6) is 0 Å². The highest BCUT2D eigenvalue weighted by atomic mass is 19.1. The molecule has 0 aliphatic carbocycles. The number of carbonyl (C=O) groups excluding carboxylic acids is 2. The van der Waals surface area contributed by atoms with Crippen LogP contribution in [0.25, 0.3) is 5.69 Å². The Hall–Kier alpha value is -4.27. The summed E-state index contributed by atoms with van der Waals surface area (Å²) in [7, 11) is 0. The number of hydrogen-bond acceptors (Lipinski definition) is 4. The Kier molecular flexibility index (Phi) is 5.84. The first kappa shape index (κ1) is 20.0. The molecular formula is C22H19FN6O2. The van der Waals surface area contributed by atoms with Crippen molar-refractivity contribution in [1.29, 1.82) is 0 Å². The van der Waals surface area contributed by atoms with Crippen LogP contribution in [-0.4, -0.2) is 31.1 Å². The highest BCUT2D eigenvalue weighted by Crippen LogP contribution is 2.19. The SMILES string of the molecule is O=C(CCn1ccnc1)Nc1cccc(C(=O)Nc2ccc(-n3cccn3)c(F)c2)c1. The van der Waals surface area contributed by atoms with Gasteiger partial charge in [0.25, 0.3) is 5.91 Å². The maximum atomic E-state index is 14.4. The number of aromatic nitrogens is 4. The number of aryl methyl sites for hydroxylation is 1. The smallest absolute Gasteiger partial charge is 0.255 e. The van der Waals surface area contributed by atoms with Crippen LogP contribution < -0.4 is 10.6 Å². The summed E-state index contributed by atoms with van der Waals surface area (Å²) in [5.41, 5.74) is 1.43. The topological polar surface area (TPSA) is 93.8 Å². The molecule has 2 aromatic carbocycles. The van der Waals surface area contributed by atoms with Gasteiger partial charge in [-0.15, -0.1) is 0 Å². The Morgan fingerprint density at radius 1 is 0.968 bits per heavy atom. The molecule has 0 spiro atoms. The molecule has 0 saturated carbocycles. The number of imidazole rings is 1. The number of anilines is 2. The third-order valence-corrected chi connectivity index (χ3v) is 4.52. The zero-order valence-electron chi connectivity index (χ0n) is 16.4. The average Bonchev–Trinajstić information content (AvgIpc) is 3.47. The van der Waals surface area contributed by atoms with Crippen LogP contribution in [0.15, 0.2) is 79.6 Å². The van der Waals surface area contributed by atoms with E-state index in [2.05, 4.69) is 20.7 Å². The van der Waals surface area contributed by atoms with E-state index in [0.29, 0.717) is 23.5 Å². The van der Waals surface area contributed by atoms with E-state index in [1.807, 2.05) is 0 Å². The number of amides is 2. The van der Waals surface area contributed by atoms with Crippen molar-refractivity contribution >= 4 is 23.2 Å². The van der Waals surface area contributed by atoms with Crippen LogP contribution in [0, 0.1) is 5.82 Å². The average molecular weight is 418 g/mol. The Morgan fingerprint density at radius 2 is 1.84 bits per heavy atom. The second-order valence-electron chi connectivity index (χ2n) is 6.75. The molecule has 0 aliphatic heterocycles. The first-order valence-corrected chi connectivity index (χ1v) is 9.55. The monoisotopic (exact) mass is 418 g/mol. The van der Waals surface area contributed by atoms with Crippen molar-refractivity contribution in [3.63, 3.8) is 0 Å². The Balaban J connectivity index is 1.38. The van der Waals surface area contributed by atoms with Crippen molar-refractivity contribution in [1.82, 2.24) is 19.3 Å². The van der Waals surface area contributed by atoms with Crippen molar-refractivity contribution < 1.29 is 14.0 Å². The molecule has 8 nitrogen and oxygen atoms in total. The van der Waals surface area contributed by atoms with Gasteiger partial charge in [-0.1, -0.05) is 6.07 Å². The van der Waals surface area contributed by atoms with E-state index >= 15 is 0 Å². The highest BCUT2D eigenvalue weighted by molar-refractivity contribution is 6.05. The fraction of sp³-hybridized carbons (Fsp3) is 0.0909. The molecule has 2 amide bonds. The van der Waals surface area contributed by atoms with Crippen molar-refractivity contribution in [3.8, 4) is 5.69 Å². The van der Waals surface area contributed by atoms with E-state index < -0.39 is 11.7 Å². The van der Waals surface area contributed by atoms with Crippen LogP contribution in [0.2, 0.25) is 0 Å². The van der Waals surface area contributed by atoms with Crippen LogP contribution in [0.3, 0.4) is 0 Å². The van der Waals surface area contributed by atoms with Gasteiger partial charge >= 0.3 is 0 Å². The molecule has 0 unspecified atom stereocenters. The van der Waals surface area contributed by atoms with Gasteiger partial charge in [0, 0.05) is 54.7 Å². The molecule has 0 aliphatic rings. The number of rotatable bonds is 7. The zero-order chi connectivity index (χ0) is 21.6. The third-order valence-electron chi connectivity index (χ3n) is 4.52. The van der Waals surface area contributed by atoms with Gasteiger partial charge in [-0.2, -0.15) is 5.10 Å². The van der Waals surface area contributed by atoms with Gasteiger partial charge in [-0.25, -0.2) is 14.1 Å². The Bertz CT molecular complexity index is 1190. The number of hydrogen-bond donors (Lipinski definition) is 2. The molecule has 4 rings (SSSR count). The van der Waals surface area contributed by atoms with Gasteiger partial charge in [0.1, 0.15) is 5.69 Å². The van der Waals surface area contributed by atoms with Gasteiger partial charge in [-0.3, -0.25) is 9.59 Å². The Labute approximate surface area is 177 Å².